The van der Waals surface area contributed by atoms with Crippen molar-refractivity contribution in [3.05, 3.63) is 47.2 Å². The fraction of sp³-hybridized carbons (Fsp3) is 0.471. The summed E-state index contributed by atoms with van der Waals surface area (Å²) in [4.78, 5) is 0. The van der Waals surface area contributed by atoms with Gasteiger partial charge < -0.3 is 4.42 Å². The molecule has 100 valence electrons. The third-order valence-corrected chi connectivity index (χ3v) is 4.18. The summed E-state index contributed by atoms with van der Waals surface area (Å²) in [5.74, 6) is 1.28. The van der Waals surface area contributed by atoms with Crippen LogP contribution in [0.15, 0.2) is 28.7 Å². The van der Waals surface area contributed by atoms with Crippen molar-refractivity contribution in [2.75, 3.05) is 0 Å². The SMILES string of the molecule is [2H]C([2H])([2H])c1oc(C2CCCC2)c(C)[n+]1-c1ccccc1C. The van der Waals surface area contributed by atoms with Crippen molar-refractivity contribution in [2.24, 2.45) is 0 Å². The summed E-state index contributed by atoms with van der Waals surface area (Å²) < 4.78 is 31.2. The maximum atomic E-state index is 7.83. The van der Waals surface area contributed by atoms with Gasteiger partial charge in [0.1, 0.15) is 0 Å². The third-order valence-electron chi connectivity index (χ3n) is 4.18. The standard InChI is InChI=1S/C17H22NO/c1-12-8-4-7-11-16(12)18-13(2)17(19-14(18)3)15-9-5-6-10-15/h4,7-8,11,15H,5-6,9-10H2,1-3H3/q+1/i3D3. The molecule has 2 heteroatoms. The van der Waals surface area contributed by atoms with Gasteiger partial charge in [-0.05, 0) is 19.8 Å². The van der Waals surface area contributed by atoms with Crippen molar-refractivity contribution in [3.8, 4) is 5.69 Å². The predicted molar refractivity (Wildman–Crippen MR) is 75.7 cm³/mol. The lowest BCUT2D eigenvalue weighted by atomic mass is 10.0. The maximum Gasteiger partial charge on any atom is 0.350 e. The highest BCUT2D eigenvalue weighted by Gasteiger charge is 2.31. The molecule has 19 heavy (non-hydrogen) atoms. The molecule has 3 rings (SSSR count). The Morgan fingerprint density at radius 2 is 1.95 bits per heavy atom. The van der Waals surface area contributed by atoms with Crippen molar-refractivity contribution < 1.29 is 13.1 Å². The molecule has 0 radical (unpaired) electrons. The highest BCUT2D eigenvalue weighted by molar-refractivity contribution is 5.33. The van der Waals surface area contributed by atoms with E-state index in [0.717, 1.165) is 35.5 Å². The van der Waals surface area contributed by atoms with E-state index in [-0.39, 0.29) is 5.89 Å². The summed E-state index contributed by atoms with van der Waals surface area (Å²) in [7, 11) is 0. The molecular formula is C17H22NO+. The molecule has 0 N–H and O–H groups in total. The topological polar surface area (TPSA) is 17.0 Å². The fourth-order valence-electron chi connectivity index (χ4n) is 3.16. The van der Waals surface area contributed by atoms with Gasteiger partial charge in [0.2, 0.25) is 11.4 Å². The highest BCUT2D eigenvalue weighted by atomic mass is 16.4. The van der Waals surface area contributed by atoms with E-state index < -0.39 is 6.85 Å². The molecule has 0 saturated heterocycles. The van der Waals surface area contributed by atoms with Crippen molar-refractivity contribution in [2.45, 2.75) is 52.3 Å². The molecule has 2 nitrogen and oxygen atoms in total. The largest absolute Gasteiger partial charge is 0.406 e. The molecule has 0 amide bonds. The Hall–Kier alpha value is -1.57. The number of nitrogens with zero attached hydrogens (tertiary/aromatic N) is 1. The summed E-state index contributed by atoms with van der Waals surface area (Å²) >= 11 is 0. The maximum absolute atomic E-state index is 7.83. The molecule has 1 aromatic carbocycles. The Morgan fingerprint density at radius 3 is 2.63 bits per heavy atom. The normalized spacial score (nSPS) is 19.2. The molecular weight excluding hydrogens is 234 g/mol. The molecule has 0 atom stereocenters. The molecule has 0 spiro atoms. The van der Waals surface area contributed by atoms with E-state index in [0.29, 0.717) is 5.92 Å². The second kappa shape index (κ2) is 4.84. The lowest BCUT2D eigenvalue weighted by Crippen LogP contribution is -2.35. The van der Waals surface area contributed by atoms with Crippen LogP contribution in [0.25, 0.3) is 5.69 Å². The van der Waals surface area contributed by atoms with Crippen LogP contribution in [0.1, 0.15) is 58.6 Å². The van der Waals surface area contributed by atoms with Crippen LogP contribution in [-0.4, -0.2) is 0 Å². The Labute approximate surface area is 119 Å². The lowest BCUT2D eigenvalue weighted by Gasteiger charge is -2.03. The zero-order valence-electron chi connectivity index (χ0n) is 14.6. The van der Waals surface area contributed by atoms with Crippen molar-refractivity contribution in [1.29, 1.82) is 0 Å². The number of aromatic nitrogens is 1. The molecule has 0 bridgehead atoms. The summed E-state index contributed by atoms with van der Waals surface area (Å²) in [6.07, 6.45) is 4.56. The van der Waals surface area contributed by atoms with E-state index in [1.54, 1.807) is 4.57 Å². The van der Waals surface area contributed by atoms with E-state index >= 15 is 0 Å². The van der Waals surface area contributed by atoms with Crippen LogP contribution in [0.2, 0.25) is 0 Å². The van der Waals surface area contributed by atoms with Gasteiger partial charge in [0.25, 0.3) is 0 Å². The lowest BCUT2D eigenvalue weighted by molar-refractivity contribution is -0.613. The summed E-state index contributed by atoms with van der Waals surface area (Å²) in [6.45, 7) is 1.70. The highest BCUT2D eigenvalue weighted by Crippen LogP contribution is 2.35. The van der Waals surface area contributed by atoms with Crippen LogP contribution in [-0.2, 0) is 0 Å². The van der Waals surface area contributed by atoms with Gasteiger partial charge >= 0.3 is 5.89 Å². The number of hydrogen-bond donors (Lipinski definition) is 0. The quantitative estimate of drug-likeness (QED) is 0.741. The number of rotatable bonds is 2. The number of para-hydroxylation sites is 1. The minimum absolute atomic E-state index is 0.0706. The second-order valence-corrected chi connectivity index (χ2v) is 5.46. The first-order valence-corrected chi connectivity index (χ1v) is 7.01. The number of benzene rings is 1. The Bertz CT molecular complexity index is 682. The van der Waals surface area contributed by atoms with Crippen LogP contribution in [0.5, 0.6) is 0 Å². The van der Waals surface area contributed by atoms with E-state index in [2.05, 4.69) is 0 Å². The minimum atomic E-state index is -2.26. The molecule has 1 aliphatic rings. The molecule has 2 aromatic rings. The molecule has 1 aromatic heterocycles. The van der Waals surface area contributed by atoms with Crippen LogP contribution >= 0.6 is 0 Å². The van der Waals surface area contributed by atoms with Crippen molar-refractivity contribution in [3.63, 3.8) is 0 Å². The average molecular weight is 259 g/mol. The Morgan fingerprint density at radius 1 is 1.21 bits per heavy atom. The summed E-state index contributed by atoms with van der Waals surface area (Å²) in [6, 6.07) is 7.83. The minimum Gasteiger partial charge on any atom is -0.406 e. The monoisotopic (exact) mass is 259 g/mol. The molecule has 1 aliphatic carbocycles. The van der Waals surface area contributed by atoms with Gasteiger partial charge in [0.15, 0.2) is 5.76 Å². The molecule has 1 saturated carbocycles. The Balaban J connectivity index is 2.21. The predicted octanol–water partition coefficient (Wildman–Crippen LogP) is 4.14. The van der Waals surface area contributed by atoms with Crippen LogP contribution < -0.4 is 4.57 Å². The number of aryl methyl sites for hydroxylation is 2. The zero-order chi connectivity index (χ0) is 15.9. The Kier molecular flexibility index (Phi) is 2.38. The second-order valence-electron chi connectivity index (χ2n) is 5.46. The molecule has 1 fully saturated rings. The van der Waals surface area contributed by atoms with Gasteiger partial charge in [0, 0.05) is 28.6 Å². The van der Waals surface area contributed by atoms with Gasteiger partial charge in [-0.3, -0.25) is 0 Å². The average Bonchev–Trinajstić information content (AvgIpc) is 3.06. The molecule has 1 heterocycles. The van der Waals surface area contributed by atoms with Gasteiger partial charge in [-0.15, -0.1) is 4.57 Å². The third kappa shape index (κ3) is 2.09. The zero-order valence-corrected chi connectivity index (χ0v) is 11.6. The molecule has 0 unspecified atom stereocenters. The van der Waals surface area contributed by atoms with Gasteiger partial charge in [-0.1, -0.05) is 31.0 Å². The van der Waals surface area contributed by atoms with Gasteiger partial charge in [0.05, 0.1) is 6.85 Å². The van der Waals surface area contributed by atoms with E-state index in [9.17, 15) is 0 Å². The number of oxazole rings is 1. The van der Waals surface area contributed by atoms with E-state index in [1.165, 1.54) is 12.8 Å². The fourth-order valence-corrected chi connectivity index (χ4v) is 3.16. The van der Waals surface area contributed by atoms with Crippen molar-refractivity contribution in [1.82, 2.24) is 0 Å². The first-order chi connectivity index (χ1) is 10.4. The van der Waals surface area contributed by atoms with Gasteiger partial charge in [-0.25, -0.2) is 0 Å². The number of hydrogen-bond acceptors (Lipinski definition) is 1. The van der Waals surface area contributed by atoms with Crippen molar-refractivity contribution >= 4 is 0 Å². The molecule has 0 aliphatic heterocycles. The first kappa shape index (κ1) is 9.35. The smallest absolute Gasteiger partial charge is 0.350 e. The van der Waals surface area contributed by atoms with Crippen LogP contribution in [0.3, 0.4) is 0 Å². The first-order valence-electron chi connectivity index (χ1n) is 8.51. The van der Waals surface area contributed by atoms with Crippen LogP contribution in [0, 0.1) is 20.7 Å². The van der Waals surface area contributed by atoms with Crippen LogP contribution in [0.4, 0.5) is 0 Å². The van der Waals surface area contributed by atoms with E-state index in [1.807, 2.05) is 38.1 Å². The summed E-state index contributed by atoms with van der Waals surface area (Å²) in [5.41, 5.74) is 2.85. The van der Waals surface area contributed by atoms with Gasteiger partial charge in [-0.2, -0.15) is 0 Å². The summed E-state index contributed by atoms with van der Waals surface area (Å²) in [5, 5.41) is 0. The van der Waals surface area contributed by atoms with E-state index in [4.69, 9.17) is 8.53 Å².